The summed E-state index contributed by atoms with van der Waals surface area (Å²) in [7, 11) is 0. The van der Waals surface area contributed by atoms with E-state index < -0.39 is 23.9 Å². The van der Waals surface area contributed by atoms with Crippen molar-refractivity contribution in [3.8, 4) is 0 Å². The van der Waals surface area contributed by atoms with Gasteiger partial charge in [-0.2, -0.15) is 0 Å². The minimum absolute atomic E-state index is 0.0612. The average Bonchev–Trinajstić information content (AvgIpc) is 2.92. The molecule has 15 heteroatoms. The van der Waals surface area contributed by atoms with Crippen molar-refractivity contribution in [1.82, 2.24) is 30.2 Å². The molecular formula is C29H55N7O8. The summed E-state index contributed by atoms with van der Waals surface area (Å²) in [5.74, 6) is -2.73. The highest BCUT2D eigenvalue weighted by Gasteiger charge is 2.21. The number of hydrogen-bond acceptors (Lipinski definition) is 10. The Labute approximate surface area is 261 Å². The van der Waals surface area contributed by atoms with Crippen molar-refractivity contribution in [2.75, 3.05) is 91.6 Å². The minimum Gasteiger partial charge on any atom is -0.480 e. The first kappa shape index (κ1) is 39.2. The molecule has 0 bridgehead atoms. The molecule has 1 rings (SSSR count). The molecule has 0 aliphatic carbocycles. The number of aliphatic carboxylic acids is 3. The van der Waals surface area contributed by atoms with Gasteiger partial charge in [-0.05, 0) is 31.6 Å². The van der Waals surface area contributed by atoms with Gasteiger partial charge in [-0.1, -0.05) is 26.7 Å². The molecule has 1 atom stereocenters. The SMILES string of the molecule is CC(C)CCCCNC(=O)[C@H](N)CCCCNC(=O)CN1CCN(CC(=O)O)CCN(CC(=O)O)CCN(CC(=O)O)CC1. The smallest absolute Gasteiger partial charge is 0.317 e. The standard InChI is InChI=1S/C29H55N7O8/c1-23(2)7-3-5-10-32-29(44)24(30)8-4-6-9-31-25(37)19-33-11-13-34(20-26(38)39)15-17-36(22-28(42)43)18-16-35(14-12-33)21-27(40)41/h23-24H,3-22,30H2,1-2H3,(H,31,37)(H,32,44)(H,38,39)(H,40,41)(H,42,43)/t24-/m1/s1. The lowest BCUT2D eigenvalue weighted by atomic mass is 10.1. The van der Waals surface area contributed by atoms with Crippen LogP contribution in [0.4, 0.5) is 0 Å². The van der Waals surface area contributed by atoms with Crippen molar-refractivity contribution >= 4 is 29.7 Å². The van der Waals surface area contributed by atoms with Gasteiger partial charge in [0.25, 0.3) is 0 Å². The third-order valence-corrected chi connectivity index (χ3v) is 7.48. The molecule has 0 aromatic heterocycles. The molecule has 2 amide bonds. The molecule has 0 unspecified atom stereocenters. The van der Waals surface area contributed by atoms with Gasteiger partial charge in [0.1, 0.15) is 0 Å². The van der Waals surface area contributed by atoms with Crippen LogP contribution in [0.3, 0.4) is 0 Å². The number of amides is 2. The molecule has 0 spiro atoms. The fraction of sp³-hybridized carbons (Fsp3) is 0.828. The lowest BCUT2D eigenvalue weighted by molar-refractivity contribution is -0.140. The topological polar surface area (TPSA) is 209 Å². The summed E-state index contributed by atoms with van der Waals surface area (Å²) >= 11 is 0. The van der Waals surface area contributed by atoms with Crippen LogP contribution in [0, 0.1) is 5.92 Å². The number of nitrogens with one attached hydrogen (secondary N) is 2. The van der Waals surface area contributed by atoms with Crippen molar-refractivity contribution in [2.24, 2.45) is 11.7 Å². The van der Waals surface area contributed by atoms with Crippen LogP contribution < -0.4 is 16.4 Å². The largest absolute Gasteiger partial charge is 0.480 e. The second-order valence-electron chi connectivity index (χ2n) is 11.9. The van der Waals surface area contributed by atoms with E-state index in [4.69, 9.17) is 5.73 Å². The minimum atomic E-state index is -1.01. The number of carboxylic acid groups (broad SMARTS) is 3. The summed E-state index contributed by atoms with van der Waals surface area (Å²) in [6.45, 7) is 7.48. The number of nitrogens with two attached hydrogens (primary N) is 1. The monoisotopic (exact) mass is 629 g/mol. The van der Waals surface area contributed by atoms with Crippen molar-refractivity contribution in [3.05, 3.63) is 0 Å². The number of carboxylic acids is 3. The molecule has 15 nitrogen and oxygen atoms in total. The highest BCUT2D eigenvalue weighted by molar-refractivity contribution is 5.81. The van der Waals surface area contributed by atoms with Gasteiger partial charge in [-0.25, -0.2) is 0 Å². The first-order valence-corrected chi connectivity index (χ1v) is 15.7. The van der Waals surface area contributed by atoms with Crippen molar-refractivity contribution in [3.63, 3.8) is 0 Å². The molecule has 7 N–H and O–H groups in total. The first-order chi connectivity index (χ1) is 20.8. The summed E-state index contributed by atoms with van der Waals surface area (Å²) in [6.07, 6.45) is 4.99. The van der Waals surface area contributed by atoms with E-state index in [-0.39, 0.29) is 38.0 Å². The Balaban J connectivity index is 2.58. The zero-order valence-electron chi connectivity index (χ0n) is 26.5. The third kappa shape index (κ3) is 20.2. The third-order valence-electron chi connectivity index (χ3n) is 7.48. The Morgan fingerprint density at radius 2 is 0.955 bits per heavy atom. The number of carbonyl (C=O) groups is 5. The Kier molecular flexibility index (Phi) is 20.1. The molecular weight excluding hydrogens is 574 g/mol. The normalized spacial score (nSPS) is 17.4. The number of nitrogens with zero attached hydrogens (tertiary/aromatic N) is 4. The van der Waals surface area contributed by atoms with Crippen LogP contribution in [-0.2, 0) is 24.0 Å². The zero-order chi connectivity index (χ0) is 32.9. The van der Waals surface area contributed by atoms with Crippen molar-refractivity contribution in [2.45, 2.75) is 58.4 Å². The summed E-state index contributed by atoms with van der Waals surface area (Å²) in [6, 6.07) is -0.586. The van der Waals surface area contributed by atoms with Gasteiger partial charge in [0.15, 0.2) is 0 Å². The fourth-order valence-electron chi connectivity index (χ4n) is 4.91. The van der Waals surface area contributed by atoms with Crippen molar-refractivity contribution in [1.29, 1.82) is 0 Å². The van der Waals surface area contributed by atoms with E-state index in [1.807, 2.05) is 4.90 Å². The van der Waals surface area contributed by atoms with Gasteiger partial charge in [0.05, 0.1) is 32.2 Å². The molecule has 0 radical (unpaired) electrons. The number of unbranched alkanes of at least 4 members (excludes halogenated alkanes) is 2. The molecule has 0 aromatic rings. The maximum atomic E-state index is 12.7. The lowest BCUT2D eigenvalue weighted by Crippen LogP contribution is -2.49. The van der Waals surface area contributed by atoms with Crippen LogP contribution in [0.1, 0.15) is 52.4 Å². The number of carbonyl (C=O) groups excluding carboxylic acids is 2. The molecule has 0 saturated carbocycles. The maximum Gasteiger partial charge on any atom is 0.317 e. The quantitative estimate of drug-likeness (QED) is 0.0951. The summed E-state index contributed by atoms with van der Waals surface area (Å²) in [5, 5.41) is 33.8. The average molecular weight is 630 g/mol. The van der Waals surface area contributed by atoms with E-state index in [0.29, 0.717) is 90.6 Å². The fourth-order valence-corrected chi connectivity index (χ4v) is 4.91. The van der Waals surface area contributed by atoms with Crippen molar-refractivity contribution < 1.29 is 39.3 Å². The van der Waals surface area contributed by atoms with Gasteiger partial charge in [-0.3, -0.25) is 43.6 Å². The van der Waals surface area contributed by atoms with Crippen LogP contribution in [0.5, 0.6) is 0 Å². The second kappa shape index (κ2) is 22.6. The van der Waals surface area contributed by atoms with E-state index in [0.717, 1.165) is 19.3 Å². The Morgan fingerprint density at radius 1 is 0.591 bits per heavy atom. The molecule has 0 aromatic carbocycles. The van der Waals surface area contributed by atoms with E-state index in [1.165, 1.54) is 0 Å². The predicted molar refractivity (Wildman–Crippen MR) is 165 cm³/mol. The van der Waals surface area contributed by atoms with E-state index >= 15 is 0 Å². The maximum absolute atomic E-state index is 12.7. The lowest BCUT2D eigenvalue weighted by Gasteiger charge is -2.32. The zero-order valence-corrected chi connectivity index (χ0v) is 26.5. The Hall–Kier alpha value is -2.85. The first-order valence-electron chi connectivity index (χ1n) is 15.7. The molecule has 1 aliphatic heterocycles. The van der Waals surface area contributed by atoms with Crippen LogP contribution >= 0.6 is 0 Å². The van der Waals surface area contributed by atoms with Gasteiger partial charge in [0.2, 0.25) is 11.8 Å². The van der Waals surface area contributed by atoms with Crippen LogP contribution in [0.15, 0.2) is 0 Å². The van der Waals surface area contributed by atoms with E-state index in [9.17, 15) is 39.3 Å². The number of hydrogen-bond donors (Lipinski definition) is 6. The predicted octanol–water partition coefficient (Wildman–Crippen LogP) is -0.982. The van der Waals surface area contributed by atoms with Gasteiger partial charge < -0.3 is 31.7 Å². The van der Waals surface area contributed by atoms with Crippen LogP contribution in [0.25, 0.3) is 0 Å². The summed E-state index contributed by atoms with van der Waals surface area (Å²) < 4.78 is 0. The second-order valence-corrected chi connectivity index (χ2v) is 11.9. The van der Waals surface area contributed by atoms with Crippen LogP contribution in [0.2, 0.25) is 0 Å². The van der Waals surface area contributed by atoms with Gasteiger partial charge in [-0.15, -0.1) is 0 Å². The Bertz CT molecular complexity index is 860. The Morgan fingerprint density at radius 3 is 1.34 bits per heavy atom. The highest BCUT2D eigenvalue weighted by Crippen LogP contribution is 2.06. The van der Waals surface area contributed by atoms with Gasteiger partial charge >= 0.3 is 17.9 Å². The van der Waals surface area contributed by atoms with E-state index in [2.05, 4.69) is 24.5 Å². The highest BCUT2D eigenvalue weighted by atomic mass is 16.4. The summed E-state index contributed by atoms with van der Waals surface area (Å²) in [4.78, 5) is 66.1. The molecule has 44 heavy (non-hydrogen) atoms. The molecule has 1 saturated heterocycles. The van der Waals surface area contributed by atoms with Crippen LogP contribution in [-0.4, -0.2) is 162 Å². The molecule has 1 heterocycles. The molecule has 1 fully saturated rings. The molecule has 1 aliphatic rings. The van der Waals surface area contributed by atoms with Gasteiger partial charge in [0, 0.05) is 65.4 Å². The molecule has 254 valence electrons. The van der Waals surface area contributed by atoms with E-state index in [1.54, 1.807) is 14.7 Å². The number of rotatable bonds is 19. The summed E-state index contributed by atoms with van der Waals surface area (Å²) in [5.41, 5.74) is 6.01.